The predicted molar refractivity (Wildman–Crippen MR) is 147 cm³/mol. The molecule has 1 fully saturated rings. The molecule has 1 aliphatic heterocycles. The SMILES string of the molecule is CC1(C)OB(C2=CC=C(N(c3ccccc3)c3ccc(C4=CCCC=C4)cc3)C=CC2)OC1(C)C. The van der Waals surface area contributed by atoms with Crippen molar-refractivity contribution in [1.82, 2.24) is 0 Å². The minimum Gasteiger partial charge on any atom is -0.400 e. The molecule has 2 aromatic carbocycles. The fraction of sp³-hybridized carbons (Fsp3) is 0.290. The zero-order chi connectivity index (χ0) is 24.5. The summed E-state index contributed by atoms with van der Waals surface area (Å²) in [5, 5.41) is 0. The summed E-state index contributed by atoms with van der Waals surface area (Å²) >= 11 is 0. The topological polar surface area (TPSA) is 21.7 Å². The number of anilines is 2. The zero-order valence-corrected chi connectivity index (χ0v) is 21.2. The van der Waals surface area contributed by atoms with Gasteiger partial charge in [0, 0.05) is 17.1 Å². The monoisotopic (exact) mass is 463 g/mol. The Hall–Kier alpha value is -3.08. The van der Waals surface area contributed by atoms with E-state index in [2.05, 4.69) is 130 Å². The Kier molecular flexibility index (Phi) is 6.44. The minimum absolute atomic E-state index is 0.332. The van der Waals surface area contributed by atoms with E-state index in [0.29, 0.717) is 0 Å². The fourth-order valence-electron chi connectivity index (χ4n) is 4.60. The highest BCUT2D eigenvalue weighted by Crippen LogP contribution is 2.40. The molecule has 4 heteroatoms. The normalized spacial score (nSPS) is 20.7. The molecule has 0 spiro atoms. The van der Waals surface area contributed by atoms with Gasteiger partial charge in [0.15, 0.2) is 0 Å². The van der Waals surface area contributed by atoms with Gasteiger partial charge in [0.1, 0.15) is 0 Å². The van der Waals surface area contributed by atoms with E-state index in [1.807, 2.05) is 0 Å². The number of allylic oxidation sites excluding steroid dienone is 9. The number of benzene rings is 2. The van der Waals surface area contributed by atoms with E-state index >= 15 is 0 Å². The van der Waals surface area contributed by atoms with Crippen LogP contribution in [0.1, 0.15) is 52.5 Å². The van der Waals surface area contributed by atoms with Crippen LogP contribution in [-0.4, -0.2) is 18.3 Å². The second-order valence-electron chi connectivity index (χ2n) is 10.4. The summed E-state index contributed by atoms with van der Waals surface area (Å²) in [7, 11) is -0.332. The summed E-state index contributed by atoms with van der Waals surface area (Å²) in [5.41, 5.74) is 6.36. The highest BCUT2D eigenvalue weighted by atomic mass is 16.7. The van der Waals surface area contributed by atoms with Crippen molar-refractivity contribution in [2.45, 2.75) is 58.2 Å². The highest BCUT2D eigenvalue weighted by Gasteiger charge is 2.52. The zero-order valence-electron chi connectivity index (χ0n) is 21.2. The van der Waals surface area contributed by atoms with Crippen LogP contribution in [0.5, 0.6) is 0 Å². The van der Waals surface area contributed by atoms with Crippen LogP contribution in [0.4, 0.5) is 11.4 Å². The molecule has 3 nitrogen and oxygen atoms in total. The molecule has 5 rings (SSSR count). The molecule has 0 saturated carbocycles. The van der Waals surface area contributed by atoms with E-state index in [4.69, 9.17) is 9.31 Å². The van der Waals surface area contributed by atoms with Crippen molar-refractivity contribution in [1.29, 1.82) is 0 Å². The quantitative estimate of drug-likeness (QED) is 0.420. The third-order valence-electron chi connectivity index (χ3n) is 7.39. The van der Waals surface area contributed by atoms with Crippen LogP contribution in [0.25, 0.3) is 5.57 Å². The molecule has 0 N–H and O–H groups in total. The lowest BCUT2D eigenvalue weighted by Gasteiger charge is -2.32. The number of para-hydroxylation sites is 1. The van der Waals surface area contributed by atoms with E-state index in [-0.39, 0.29) is 18.3 Å². The van der Waals surface area contributed by atoms with Crippen molar-refractivity contribution in [3.63, 3.8) is 0 Å². The molecule has 1 saturated heterocycles. The fourth-order valence-corrected chi connectivity index (χ4v) is 4.60. The van der Waals surface area contributed by atoms with Crippen LogP contribution in [0.3, 0.4) is 0 Å². The van der Waals surface area contributed by atoms with E-state index < -0.39 is 0 Å². The van der Waals surface area contributed by atoms with Crippen molar-refractivity contribution in [2.75, 3.05) is 4.90 Å². The van der Waals surface area contributed by atoms with Crippen LogP contribution in [0, 0.1) is 0 Å². The molecule has 2 aromatic rings. The van der Waals surface area contributed by atoms with Crippen molar-refractivity contribution in [3.05, 3.63) is 114 Å². The van der Waals surface area contributed by atoms with Crippen LogP contribution in [0.15, 0.2) is 108 Å². The Morgan fingerprint density at radius 3 is 2.09 bits per heavy atom. The van der Waals surface area contributed by atoms with Gasteiger partial charge in [-0.3, -0.25) is 0 Å². The number of nitrogens with zero attached hydrogens (tertiary/aromatic N) is 1. The molecule has 0 atom stereocenters. The predicted octanol–water partition coefficient (Wildman–Crippen LogP) is 7.96. The average Bonchev–Trinajstić information content (AvgIpc) is 3.01. The summed E-state index contributed by atoms with van der Waals surface area (Å²) in [5.74, 6) is 0. The van der Waals surface area contributed by atoms with Crippen molar-refractivity contribution in [3.8, 4) is 0 Å². The molecule has 3 aliphatic rings. The van der Waals surface area contributed by atoms with E-state index in [1.54, 1.807) is 0 Å². The Bertz CT molecular complexity index is 1200. The van der Waals surface area contributed by atoms with Crippen LogP contribution >= 0.6 is 0 Å². The highest BCUT2D eigenvalue weighted by molar-refractivity contribution is 6.54. The van der Waals surface area contributed by atoms with Crippen molar-refractivity contribution < 1.29 is 9.31 Å². The summed E-state index contributed by atoms with van der Waals surface area (Å²) < 4.78 is 12.6. The lowest BCUT2D eigenvalue weighted by atomic mass is 9.76. The van der Waals surface area contributed by atoms with Crippen LogP contribution < -0.4 is 4.90 Å². The van der Waals surface area contributed by atoms with Gasteiger partial charge in [-0.1, -0.05) is 60.7 Å². The van der Waals surface area contributed by atoms with Gasteiger partial charge in [0.2, 0.25) is 0 Å². The molecule has 0 amide bonds. The van der Waals surface area contributed by atoms with Gasteiger partial charge in [-0.05, 0) is 100.0 Å². The molecule has 0 unspecified atom stereocenters. The minimum atomic E-state index is -0.345. The lowest BCUT2D eigenvalue weighted by Crippen LogP contribution is -2.41. The first-order valence-corrected chi connectivity index (χ1v) is 12.6. The first-order valence-electron chi connectivity index (χ1n) is 12.6. The summed E-state index contributed by atoms with van der Waals surface area (Å²) in [6.07, 6.45) is 18.6. The second kappa shape index (κ2) is 9.52. The Morgan fingerprint density at radius 2 is 1.43 bits per heavy atom. The second-order valence-corrected chi connectivity index (χ2v) is 10.4. The van der Waals surface area contributed by atoms with Gasteiger partial charge in [-0.2, -0.15) is 0 Å². The first kappa shape index (κ1) is 23.7. The van der Waals surface area contributed by atoms with Gasteiger partial charge >= 0.3 is 7.12 Å². The summed E-state index contributed by atoms with van der Waals surface area (Å²) in [6, 6.07) is 19.4. The third-order valence-corrected chi connectivity index (χ3v) is 7.39. The average molecular weight is 463 g/mol. The maximum Gasteiger partial charge on any atom is 0.490 e. The van der Waals surface area contributed by atoms with Gasteiger partial charge in [-0.15, -0.1) is 0 Å². The van der Waals surface area contributed by atoms with Gasteiger partial charge in [0.05, 0.1) is 11.2 Å². The van der Waals surface area contributed by atoms with Crippen LogP contribution in [-0.2, 0) is 9.31 Å². The standard InChI is InChI=1S/C31H34BNO2/c1-30(2)31(3,4)35-32(34-30)26-14-11-17-28(23-20-26)33(27-15-9-6-10-16-27)29-21-18-25(19-22-29)24-12-7-5-8-13-24/h6-7,9-13,15-23H,5,8,14H2,1-4H3. The molecule has 0 aromatic heterocycles. The van der Waals surface area contributed by atoms with E-state index in [1.165, 1.54) is 11.1 Å². The first-order chi connectivity index (χ1) is 16.8. The Labute approximate surface area is 210 Å². The van der Waals surface area contributed by atoms with E-state index in [0.717, 1.165) is 41.8 Å². The van der Waals surface area contributed by atoms with Crippen LogP contribution in [0.2, 0.25) is 0 Å². The molecular weight excluding hydrogens is 429 g/mol. The molecule has 2 aliphatic carbocycles. The maximum atomic E-state index is 6.32. The summed E-state index contributed by atoms with van der Waals surface area (Å²) in [6.45, 7) is 8.39. The third kappa shape index (κ3) is 4.87. The van der Waals surface area contributed by atoms with Gasteiger partial charge in [0.25, 0.3) is 0 Å². The van der Waals surface area contributed by atoms with E-state index in [9.17, 15) is 0 Å². The van der Waals surface area contributed by atoms with Gasteiger partial charge in [-0.25, -0.2) is 0 Å². The summed E-state index contributed by atoms with van der Waals surface area (Å²) in [4.78, 5) is 2.30. The molecule has 178 valence electrons. The number of rotatable bonds is 5. The van der Waals surface area contributed by atoms with Crippen molar-refractivity contribution >= 4 is 24.1 Å². The Balaban J connectivity index is 1.47. The number of hydrogen-bond donors (Lipinski definition) is 0. The smallest absolute Gasteiger partial charge is 0.400 e. The molecule has 0 bridgehead atoms. The van der Waals surface area contributed by atoms with Gasteiger partial charge < -0.3 is 14.2 Å². The molecule has 1 heterocycles. The molecule has 0 radical (unpaired) electrons. The van der Waals surface area contributed by atoms with Crippen molar-refractivity contribution in [2.24, 2.45) is 0 Å². The lowest BCUT2D eigenvalue weighted by molar-refractivity contribution is 0.00578. The largest absolute Gasteiger partial charge is 0.490 e. The molecule has 35 heavy (non-hydrogen) atoms. The Morgan fingerprint density at radius 1 is 0.743 bits per heavy atom. The number of hydrogen-bond acceptors (Lipinski definition) is 3. The molecular formula is C31H34BNO2. The maximum absolute atomic E-state index is 6.32.